The van der Waals surface area contributed by atoms with Gasteiger partial charge in [-0.05, 0) is 0 Å². The number of ether oxygens (including phenoxy) is 15. The zero-order valence-electron chi connectivity index (χ0n) is 47.5. The van der Waals surface area contributed by atoms with Crippen LogP contribution in [-0.2, 0) is 71.1 Å². The van der Waals surface area contributed by atoms with Crippen molar-refractivity contribution in [2.24, 2.45) is 45.9 Å². The van der Waals surface area contributed by atoms with Gasteiger partial charge in [-0.25, -0.2) is 0 Å². The van der Waals surface area contributed by atoms with E-state index in [-0.39, 0.29) is 0 Å². The van der Waals surface area contributed by atoms with Gasteiger partial charge in [-0.15, -0.1) is 0 Å². The highest BCUT2D eigenvalue weighted by Gasteiger charge is 2.58. The average molecular weight is 1310 g/mol. The van der Waals surface area contributed by atoms with Crippen molar-refractivity contribution >= 4 is 0 Å². The molecule has 8 rings (SSSR count). The molecule has 0 unspecified atom stereocenters. The van der Waals surface area contributed by atoms with Crippen LogP contribution >= 0.6 is 0 Å². The Balaban J connectivity index is 0.850. The molecule has 8 fully saturated rings. The van der Waals surface area contributed by atoms with Gasteiger partial charge in [0.25, 0.3) is 0 Å². The van der Waals surface area contributed by atoms with Gasteiger partial charge in [0.2, 0.25) is 0 Å². The number of rotatable bonds is 22. The number of hydrogen-bond donors (Lipinski definition) is 26. The van der Waals surface area contributed by atoms with Crippen molar-refractivity contribution < 1.29 is 163 Å². The van der Waals surface area contributed by atoms with Crippen LogP contribution in [0.4, 0.5) is 0 Å². The van der Waals surface area contributed by atoms with E-state index < -0.39 is 298 Å². The van der Waals surface area contributed by atoms with Gasteiger partial charge in [0.05, 0.1) is 101 Å². The molecule has 8 heterocycles. The van der Waals surface area contributed by atoms with Gasteiger partial charge in [-0.2, -0.15) is 0 Å². The van der Waals surface area contributed by atoms with Gasteiger partial charge < -0.3 is 209 Å². The molecule has 520 valence electrons. The van der Waals surface area contributed by atoms with Crippen molar-refractivity contribution in [1.82, 2.24) is 0 Å². The standard InChI is InChI=1S/C48H90N8O33/c49-17-27(67)34(10(2-58)75-41(17)74)83-43-19(51)29(69)36(12(4-60)77-43)85-45-21(53)31(71)38(14(6-62)79-45)87-47-23(55)33(73)40(16(8-64)81-47)89-48-24(56)32(72)39(15(7-63)82-48)88-46-22(54)30(70)37(13(5-61)80-46)86-44-20(52)28(68)35(11(3-59)78-44)84-42-18(50)26(66)25(65)9(1-57)76-42/h9-48,57-74H,1-8,49-56H2/t9-,10+,11-,12+,13-,14+,15-,16+,17-,18+,19-,20+,21-,22+,23-,24+,25-,26+,27-,28+,29-,30+,31-,32+,33-,34-,35-,36+,37-,38+,39-,40+,41-,42+,43-,44+,45-,46+,47-,48+/m0/s1. The van der Waals surface area contributed by atoms with Gasteiger partial charge in [0, 0.05) is 0 Å². The fourth-order valence-electron chi connectivity index (χ4n) is 11.8. The number of aliphatic hydroxyl groups is 18. The summed E-state index contributed by atoms with van der Waals surface area (Å²) < 4.78 is 87.2. The van der Waals surface area contributed by atoms with E-state index in [1.807, 2.05) is 0 Å². The molecule has 0 aromatic rings. The topological polar surface area (TPSA) is 711 Å². The van der Waals surface area contributed by atoms with E-state index in [4.69, 9.17) is 117 Å². The fraction of sp³-hybridized carbons (Fsp3) is 1.00. The lowest BCUT2D eigenvalue weighted by atomic mass is 9.93. The van der Waals surface area contributed by atoms with Gasteiger partial charge in [0.1, 0.15) is 146 Å². The summed E-state index contributed by atoms with van der Waals surface area (Å²) in [6.45, 7) is -6.90. The van der Waals surface area contributed by atoms with E-state index in [9.17, 15) is 91.9 Å². The Hall–Kier alpha value is -1.64. The summed E-state index contributed by atoms with van der Waals surface area (Å²) in [5, 5.41) is 192. The summed E-state index contributed by atoms with van der Waals surface area (Å²) >= 11 is 0. The SMILES string of the molecule is N[C@@H]1[C@H](O[C@@H]2[C@@H](O)[C@H](N)[C@@H](O)O[C@@H]2CO)O[C@H](CO)[C@@H](O[C@@H]2O[C@H](CO)[C@@H](O[C@@H]3O[C@H](CO)[C@@H](O[C@H]4O[C@@H](CO)[C@H](O[C@H]5O[C@@H](CO)[C@H](O[C@H]6O[C@@H](CO)[C@H](O[C@H]7O[C@@H](CO)[C@H](O)[C@H](O)[C@H]7N)[C@H](O)[C@H]6N)[C@H](O)[C@H]5N)[C@H](O)[C@H]4N)[C@@H](O)[C@@H]3N)[C@@H](O)[C@@H]2N)[C@H]1O. The Morgan fingerprint density at radius 1 is 0.202 bits per heavy atom. The second kappa shape index (κ2) is 31.5. The molecule has 8 aliphatic rings. The van der Waals surface area contributed by atoms with Crippen LogP contribution in [0.3, 0.4) is 0 Å². The quantitative estimate of drug-likeness (QED) is 0.0479. The number of hydrogen-bond acceptors (Lipinski definition) is 41. The summed E-state index contributed by atoms with van der Waals surface area (Å²) in [4.78, 5) is 0. The molecule has 0 amide bonds. The van der Waals surface area contributed by atoms with E-state index in [0.29, 0.717) is 0 Å². The molecule has 0 aromatic carbocycles. The minimum absolute atomic E-state index is 0.749. The first kappa shape index (κ1) is 73.2. The summed E-state index contributed by atoms with van der Waals surface area (Å²) in [5.41, 5.74) is 49.9. The van der Waals surface area contributed by atoms with Crippen molar-refractivity contribution in [3.8, 4) is 0 Å². The van der Waals surface area contributed by atoms with E-state index in [1.54, 1.807) is 0 Å². The summed E-state index contributed by atoms with van der Waals surface area (Å²) in [6.07, 6.45) is -52.2. The molecule has 40 atom stereocenters. The summed E-state index contributed by atoms with van der Waals surface area (Å²) in [7, 11) is 0. The van der Waals surface area contributed by atoms with Crippen molar-refractivity contribution in [1.29, 1.82) is 0 Å². The molecule has 8 aliphatic heterocycles. The maximum absolute atomic E-state index is 11.6. The normalized spacial score (nSPS) is 53.6. The van der Waals surface area contributed by atoms with Crippen LogP contribution in [0.25, 0.3) is 0 Å². The minimum atomic E-state index is -1.87. The van der Waals surface area contributed by atoms with Crippen molar-refractivity contribution in [3.63, 3.8) is 0 Å². The van der Waals surface area contributed by atoms with E-state index in [0.717, 1.165) is 0 Å². The zero-order chi connectivity index (χ0) is 65.4. The summed E-state index contributed by atoms with van der Waals surface area (Å²) in [5.74, 6) is 0. The molecular formula is C48H90N8O33. The molecule has 34 N–H and O–H groups in total. The molecule has 0 bridgehead atoms. The Kier molecular flexibility index (Phi) is 25.9. The molecule has 41 heteroatoms. The van der Waals surface area contributed by atoms with Crippen molar-refractivity contribution in [2.75, 3.05) is 52.9 Å². The third-order valence-corrected chi connectivity index (χ3v) is 17.3. The van der Waals surface area contributed by atoms with Gasteiger partial charge in [-0.1, -0.05) is 0 Å². The lowest BCUT2D eigenvalue weighted by Crippen LogP contribution is -2.71. The summed E-state index contributed by atoms with van der Waals surface area (Å²) in [6, 6.07) is -12.3. The second-order valence-electron chi connectivity index (χ2n) is 23.1. The Labute approximate surface area is 506 Å². The number of nitrogens with two attached hydrogens (primary N) is 8. The van der Waals surface area contributed by atoms with Crippen molar-refractivity contribution in [3.05, 3.63) is 0 Å². The average Bonchev–Trinajstić information content (AvgIpc) is 0.970. The molecule has 0 radical (unpaired) electrons. The molecule has 41 nitrogen and oxygen atoms in total. The second-order valence-corrected chi connectivity index (χ2v) is 23.1. The van der Waals surface area contributed by atoms with Gasteiger partial charge in [-0.3, -0.25) is 0 Å². The highest BCUT2D eigenvalue weighted by Crippen LogP contribution is 2.37. The third kappa shape index (κ3) is 15.0. The maximum atomic E-state index is 11.6. The Morgan fingerprint density at radius 2 is 0.360 bits per heavy atom. The van der Waals surface area contributed by atoms with E-state index >= 15 is 0 Å². The molecular weight excluding hydrogens is 1220 g/mol. The minimum Gasteiger partial charge on any atom is -0.394 e. The molecule has 0 aliphatic carbocycles. The van der Waals surface area contributed by atoms with Crippen LogP contribution in [0, 0.1) is 0 Å². The van der Waals surface area contributed by atoms with Crippen LogP contribution in [0.15, 0.2) is 0 Å². The van der Waals surface area contributed by atoms with Crippen LogP contribution in [0.1, 0.15) is 0 Å². The first-order valence-corrected chi connectivity index (χ1v) is 28.8. The molecule has 89 heavy (non-hydrogen) atoms. The molecule has 0 aromatic heterocycles. The highest BCUT2D eigenvalue weighted by atomic mass is 16.8. The molecule has 0 spiro atoms. The van der Waals surface area contributed by atoms with Crippen LogP contribution in [0.5, 0.6) is 0 Å². The first-order chi connectivity index (χ1) is 42.2. The highest BCUT2D eigenvalue weighted by molar-refractivity contribution is 5.04. The monoisotopic (exact) mass is 1310 g/mol. The molecule has 8 saturated heterocycles. The van der Waals surface area contributed by atoms with Crippen molar-refractivity contribution in [2.45, 2.75) is 245 Å². The van der Waals surface area contributed by atoms with Crippen LogP contribution < -0.4 is 45.9 Å². The number of aliphatic hydroxyl groups excluding tert-OH is 18. The first-order valence-electron chi connectivity index (χ1n) is 28.8. The Bertz CT molecular complexity index is 2150. The maximum Gasteiger partial charge on any atom is 0.176 e. The predicted molar refractivity (Wildman–Crippen MR) is 280 cm³/mol. The Morgan fingerprint density at radius 3 is 0.551 bits per heavy atom. The third-order valence-electron chi connectivity index (χ3n) is 17.3. The fourth-order valence-corrected chi connectivity index (χ4v) is 11.8. The lowest BCUT2D eigenvalue weighted by molar-refractivity contribution is -0.370. The molecule has 0 saturated carbocycles. The largest absolute Gasteiger partial charge is 0.394 e. The van der Waals surface area contributed by atoms with Crippen LogP contribution in [-0.4, -0.2) is 390 Å². The van der Waals surface area contributed by atoms with Gasteiger partial charge in [0.15, 0.2) is 50.3 Å². The predicted octanol–water partition coefficient (Wildman–Crippen LogP) is -18.7. The van der Waals surface area contributed by atoms with Gasteiger partial charge >= 0.3 is 0 Å². The van der Waals surface area contributed by atoms with E-state index in [2.05, 4.69) is 0 Å². The van der Waals surface area contributed by atoms with E-state index in [1.165, 1.54) is 0 Å². The smallest absolute Gasteiger partial charge is 0.176 e. The van der Waals surface area contributed by atoms with Crippen LogP contribution in [0.2, 0.25) is 0 Å². The zero-order valence-corrected chi connectivity index (χ0v) is 47.5. The lowest BCUT2D eigenvalue weighted by Gasteiger charge is -2.51.